The second-order valence-corrected chi connectivity index (χ2v) is 4.55. The summed E-state index contributed by atoms with van der Waals surface area (Å²) in [7, 11) is 1.70. The molecule has 1 aromatic carbocycles. The molecule has 0 N–H and O–H groups in total. The van der Waals surface area contributed by atoms with E-state index < -0.39 is 5.97 Å². The van der Waals surface area contributed by atoms with E-state index in [0.717, 1.165) is 25.9 Å². The molecule has 0 aliphatic carbocycles. The molecule has 0 atom stereocenters. The van der Waals surface area contributed by atoms with Gasteiger partial charge in [0.25, 0.3) is 0 Å². The number of Topliss-reactive ketones (excluding diaryl/α,β-unsaturated/α-hetero) is 1. The smallest absolute Gasteiger partial charge is 0.313 e. The third kappa shape index (κ3) is 5.97. The van der Waals surface area contributed by atoms with Gasteiger partial charge in [-0.2, -0.15) is 0 Å². The van der Waals surface area contributed by atoms with Crippen molar-refractivity contribution >= 4 is 11.8 Å². The van der Waals surface area contributed by atoms with E-state index in [1.807, 2.05) is 12.1 Å². The lowest BCUT2D eigenvalue weighted by atomic mass is 10.0. The van der Waals surface area contributed by atoms with Crippen LogP contribution in [0.25, 0.3) is 0 Å². The van der Waals surface area contributed by atoms with Gasteiger partial charge < -0.3 is 9.47 Å². The normalized spacial score (nSPS) is 10.3. The van der Waals surface area contributed by atoms with Crippen molar-refractivity contribution in [3.05, 3.63) is 35.4 Å². The second kappa shape index (κ2) is 9.26. The van der Waals surface area contributed by atoms with Gasteiger partial charge in [-0.1, -0.05) is 24.3 Å². The summed E-state index contributed by atoms with van der Waals surface area (Å²) in [6.07, 6.45) is 2.86. The molecule has 0 amide bonds. The van der Waals surface area contributed by atoms with Gasteiger partial charge in [0.15, 0.2) is 5.78 Å². The summed E-state index contributed by atoms with van der Waals surface area (Å²) in [6, 6.07) is 7.41. The van der Waals surface area contributed by atoms with Crippen molar-refractivity contribution in [2.24, 2.45) is 0 Å². The van der Waals surface area contributed by atoms with Crippen molar-refractivity contribution in [2.45, 2.75) is 32.6 Å². The fourth-order valence-corrected chi connectivity index (χ4v) is 1.88. The zero-order chi connectivity index (χ0) is 14.8. The number of esters is 1. The van der Waals surface area contributed by atoms with Crippen LogP contribution in [-0.2, 0) is 20.7 Å². The Balaban J connectivity index is 2.45. The van der Waals surface area contributed by atoms with Crippen molar-refractivity contribution in [3.8, 4) is 0 Å². The van der Waals surface area contributed by atoms with E-state index in [1.54, 1.807) is 26.2 Å². The molecule has 1 rings (SSSR count). The average molecular weight is 278 g/mol. The molecule has 0 saturated heterocycles. The summed E-state index contributed by atoms with van der Waals surface area (Å²) in [4.78, 5) is 23.1. The van der Waals surface area contributed by atoms with Gasteiger partial charge in [0.05, 0.1) is 6.61 Å². The molecule has 4 nitrogen and oxygen atoms in total. The molecule has 0 aromatic heterocycles. The Morgan fingerprint density at radius 2 is 1.80 bits per heavy atom. The topological polar surface area (TPSA) is 52.6 Å². The predicted molar refractivity (Wildman–Crippen MR) is 76.8 cm³/mol. The first kappa shape index (κ1) is 16.4. The number of rotatable bonds is 9. The molecule has 0 fully saturated rings. The summed E-state index contributed by atoms with van der Waals surface area (Å²) in [5, 5.41) is 0. The van der Waals surface area contributed by atoms with Crippen LogP contribution in [0.3, 0.4) is 0 Å². The molecule has 1 aromatic rings. The van der Waals surface area contributed by atoms with Gasteiger partial charge in [0.2, 0.25) is 0 Å². The zero-order valence-corrected chi connectivity index (χ0v) is 12.2. The molecule has 0 saturated carbocycles. The summed E-state index contributed by atoms with van der Waals surface area (Å²) < 4.78 is 9.76. The number of benzene rings is 1. The first-order valence-electron chi connectivity index (χ1n) is 6.94. The molecule has 4 heteroatoms. The van der Waals surface area contributed by atoms with Crippen LogP contribution in [0, 0.1) is 0 Å². The van der Waals surface area contributed by atoms with E-state index in [9.17, 15) is 9.59 Å². The lowest BCUT2D eigenvalue weighted by Gasteiger charge is -2.04. The highest BCUT2D eigenvalue weighted by molar-refractivity contribution is 6.05. The molecule has 110 valence electrons. The van der Waals surface area contributed by atoms with Gasteiger partial charge in [-0.05, 0) is 31.7 Å². The van der Waals surface area contributed by atoms with Crippen molar-refractivity contribution in [3.63, 3.8) is 0 Å². The van der Waals surface area contributed by atoms with Gasteiger partial charge >= 0.3 is 5.97 Å². The highest BCUT2D eigenvalue weighted by Crippen LogP contribution is 2.10. The third-order valence-corrected chi connectivity index (χ3v) is 2.95. The minimum Gasteiger partial charge on any atom is -0.466 e. The van der Waals surface area contributed by atoms with E-state index in [2.05, 4.69) is 0 Å². The monoisotopic (exact) mass is 278 g/mol. The minimum absolute atomic E-state index is 0.193. The van der Waals surface area contributed by atoms with Gasteiger partial charge in [-0.3, -0.25) is 9.59 Å². The predicted octanol–water partition coefficient (Wildman–Crippen LogP) is 2.79. The summed E-state index contributed by atoms with van der Waals surface area (Å²) in [5.41, 5.74) is 1.74. The molecule has 0 spiro atoms. The fourth-order valence-electron chi connectivity index (χ4n) is 1.88. The van der Waals surface area contributed by atoms with Crippen LogP contribution in [0.15, 0.2) is 24.3 Å². The number of carbonyl (C=O) groups is 2. The lowest BCUT2D eigenvalue weighted by molar-refractivity contribution is -0.141. The average Bonchev–Trinajstić information content (AvgIpc) is 2.44. The Morgan fingerprint density at radius 1 is 1.10 bits per heavy atom. The number of hydrogen-bond acceptors (Lipinski definition) is 4. The number of ether oxygens (including phenoxy) is 2. The number of carbonyl (C=O) groups excluding carboxylic acids is 2. The van der Waals surface area contributed by atoms with E-state index in [4.69, 9.17) is 9.47 Å². The Morgan fingerprint density at radius 3 is 2.40 bits per heavy atom. The molecule has 0 aliphatic rings. The molecule has 0 heterocycles. The number of aryl methyl sites for hydroxylation is 1. The number of ketones is 1. The van der Waals surface area contributed by atoms with Crippen LogP contribution in [0.4, 0.5) is 0 Å². The van der Waals surface area contributed by atoms with Gasteiger partial charge in [-0.25, -0.2) is 0 Å². The van der Waals surface area contributed by atoms with Gasteiger partial charge in [0.1, 0.15) is 6.42 Å². The number of methoxy groups -OCH3 is 1. The molecular weight excluding hydrogens is 256 g/mol. The highest BCUT2D eigenvalue weighted by atomic mass is 16.5. The highest BCUT2D eigenvalue weighted by Gasteiger charge is 2.12. The maximum absolute atomic E-state index is 11.8. The summed E-state index contributed by atoms with van der Waals surface area (Å²) >= 11 is 0. The van der Waals surface area contributed by atoms with Gasteiger partial charge in [-0.15, -0.1) is 0 Å². The molecular formula is C16H22O4. The van der Waals surface area contributed by atoms with Crippen molar-refractivity contribution in [1.29, 1.82) is 0 Å². The first-order valence-corrected chi connectivity index (χ1v) is 6.94. The maximum atomic E-state index is 11.8. The second-order valence-electron chi connectivity index (χ2n) is 4.55. The van der Waals surface area contributed by atoms with Gasteiger partial charge in [0, 0.05) is 19.3 Å². The lowest BCUT2D eigenvalue weighted by Crippen LogP contribution is -2.11. The molecule has 0 unspecified atom stereocenters. The first-order chi connectivity index (χ1) is 9.67. The van der Waals surface area contributed by atoms with E-state index >= 15 is 0 Å². The van der Waals surface area contributed by atoms with E-state index in [-0.39, 0.29) is 12.2 Å². The molecule has 0 radical (unpaired) electrons. The van der Waals surface area contributed by atoms with Crippen molar-refractivity contribution in [1.82, 2.24) is 0 Å². The van der Waals surface area contributed by atoms with E-state index in [0.29, 0.717) is 12.2 Å². The van der Waals surface area contributed by atoms with Crippen LogP contribution in [-0.4, -0.2) is 32.1 Å². The number of unbranched alkanes of at least 4 members (excludes halogenated alkanes) is 1. The standard InChI is InChI=1S/C16H22O4/c1-3-20-16(18)12-15(17)14-9-7-13(8-10-14)6-4-5-11-19-2/h7-10H,3-6,11-12H2,1-2H3. The Labute approximate surface area is 120 Å². The summed E-state index contributed by atoms with van der Waals surface area (Å²) in [6.45, 7) is 2.80. The quantitative estimate of drug-likeness (QED) is 0.302. The van der Waals surface area contributed by atoms with E-state index in [1.165, 1.54) is 5.56 Å². The van der Waals surface area contributed by atoms with Crippen molar-refractivity contribution < 1.29 is 19.1 Å². The van der Waals surface area contributed by atoms with Crippen molar-refractivity contribution in [2.75, 3.05) is 20.3 Å². The molecule has 0 aliphatic heterocycles. The van der Waals surface area contributed by atoms with Crippen LogP contribution >= 0.6 is 0 Å². The van der Waals surface area contributed by atoms with Crippen LogP contribution in [0.5, 0.6) is 0 Å². The minimum atomic E-state index is -0.471. The Bertz CT molecular complexity index is 423. The number of hydrogen-bond donors (Lipinski definition) is 0. The Kier molecular flexibility index (Phi) is 7.58. The Hall–Kier alpha value is -1.68. The van der Waals surface area contributed by atoms with Crippen LogP contribution in [0.2, 0.25) is 0 Å². The maximum Gasteiger partial charge on any atom is 0.313 e. The third-order valence-electron chi connectivity index (χ3n) is 2.95. The SMILES string of the molecule is CCOC(=O)CC(=O)c1ccc(CCCCOC)cc1. The largest absolute Gasteiger partial charge is 0.466 e. The van der Waals surface area contributed by atoms with Crippen LogP contribution in [0.1, 0.15) is 42.1 Å². The molecule has 20 heavy (non-hydrogen) atoms. The zero-order valence-electron chi connectivity index (χ0n) is 12.2. The fraction of sp³-hybridized carbons (Fsp3) is 0.500. The summed E-state index contributed by atoms with van der Waals surface area (Å²) in [5.74, 6) is -0.671. The van der Waals surface area contributed by atoms with Crippen LogP contribution < -0.4 is 0 Å². The molecule has 0 bridgehead atoms.